The summed E-state index contributed by atoms with van der Waals surface area (Å²) in [5, 5.41) is 6.76. The Hall–Kier alpha value is -6.01. The van der Waals surface area contributed by atoms with Crippen LogP contribution in [0, 0.1) is 0 Å². The van der Waals surface area contributed by atoms with Gasteiger partial charge < -0.3 is 29.8 Å². The summed E-state index contributed by atoms with van der Waals surface area (Å²) in [5.74, 6) is 1.50. The van der Waals surface area contributed by atoms with Gasteiger partial charge in [-0.1, -0.05) is 78.9 Å². The molecule has 2 fully saturated rings. The summed E-state index contributed by atoms with van der Waals surface area (Å²) in [6, 6.07) is 26.8. The number of benzene rings is 3. The van der Waals surface area contributed by atoms with E-state index in [4.69, 9.17) is 14.7 Å². The average molecular weight is 740 g/mol. The Balaban J connectivity index is 0.924. The van der Waals surface area contributed by atoms with Crippen LogP contribution in [0.15, 0.2) is 108 Å². The first-order valence-electron chi connectivity index (χ1n) is 18.3. The van der Waals surface area contributed by atoms with Crippen molar-refractivity contribution < 1.29 is 19.1 Å². The number of H-pyrrole nitrogens is 2. The largest absolute Gasteiger partial charge is 0.453 e. The summed E-state index contributed by atoms with van der Waals surface area (Å²) in [6.07, 6.45) is 6.91. The molecule has 3 atom stereocenters. The lowest BCUT2D eigenvalue weighted by molar-refractivity contribution is -0.134. The number of rotatable bonds is 10. The van der Waals surface area contributed by atoms with Gasteiger partial charge in [0.1, 0.15) is 17.7 Å². The Labute approximate surface area is 317 Å². The number of alkyl carbamates (subject to hydrolysis) is 1. The lowest BCUT2D eigenvalue weighted by atomic mass is 10.0. The van der Waals surface area contributed by atoms with E-state index in [9.17, 15) is 14.4 Å². The van der Waals surface area contributed by atoms with Crippen LogP contribution in [-0.4, -0.2) is 67.8 Å². The third kappa shape index (κ3) is 7.29. The summed E-state index contributed by atoms with van der Waals surface area (Å²) in [4.78, 5) is 59.3. The van der Waals surface area contributed by atoms with Crippen molar-refractivity contribution >= 4 is 29.2 Å². The molecule has 2 saturated heterocycles. The molecule has 0 aliphatic carbocycles. The zero-order valence-corrected chi connectivity index (χ0v) is 30.7. The molecule has 11 nitrogen and oxygen atoms in total. The van der Waals surface area contributed by atoms with Gasteiger partial charge in [-0.3, -0.25) is 9.59 Å². The highest BCUT2D eigenvalue weighted by Crippen LogP contribution is 2.35. The lowest BCUT2D eigenvalue weighted by Gasteiger charge is -2.28. The maximum absolute atomic E-state index is 13.9. The molecule has 0 spiro atoms. The second kappa shape index (κ2) is 15.5. The molecule has 2 aliphatic rings. The predicted molar refractivity (Wildman–Crippen MR) is 207 cm³/mol. The monoisotopic (exact) mass is 739 g/mol. The lowest BCUT2D eigenvalue weighted by Crippen LogP contribution is -2.42. The molecule has 54 heavy (non-hydrogen) atoms. The van der Waals surface area contributed by atoms with E-state index in [-0.39, 0.29) is 23.9 Å². The van der Waals surface area contributed by atoms with Crippen molar-refractivity contribution in [1.29, 1.82) is 0 Å². The molecule has 3 aromatic heterocycles. The van der Waals surface area contributed by atoms with Crippen LogP contribution >= 0.6 is 11.3 Å². The van der Waals surface area contributed by atoms with Crippen LogP contribution in [0.5, 0.6) is 0 Å². The maximum Gasteiger partial charge on any atom is 0.407 e. The highest BCUT2D eigenvalue weighted by molar-refractivity contribution is 7.08. The van der Waals surface area contributed by atoms with Crippen molar-refractivity contribution in [3.8, 4) is 33.6 Å². The molecule has 0 bridgehead atoms. The second-order valence-electron chi connectivity index (χ2n) is 13.7. The van der Waals surface area contributed by atoms with Gasteiger partial charge in [-0.2, -0.15) is 11.3 Å². The Kier molecular flexibility index (Phi) is 10.1. The SMILES string of the molecule is COC(=O)N[C@@H](C(=O)N1CCC[C@H]1c1ncc(-c2ccc(-c3ccc(-c4cnc([C@@H]5CCCN5C(=O)Cc5ccsc5)[nH]4)cc3)cc2)[nH]1)c1ccccc1. The van der Waals surface area contributed by atoms with Crippen LogP contribution in [0.2, 0.25) is 0 Å². The van der Waals surface area contributed by atoms with E-state index >= 15 is 0 Å². The van der Waals surface area contributed by atoms with Crippen LogP contribution < -0.4 is 5.32 Å². The summed E-state index contributed by atoms with van der Waals surface area (Å²) in [6.45, 7) is 1.32. The quantitative estimate of drug-likeness (QED) is 0.131. The van der Waals surface area contributed by atoms with Gasteiger partial charge >= 0.3 is 6.09 Å². The van der Waals surface area contributed by atoms with Gasteiger partial charge in [-0.15, -0.1) is 0 Å². The van der Waals surface area contributed by atoms with Crippen LogP contribution in [0.1, 0.15) is 66.6 Å². The number of likely N-dealkylation sites (tertiary alicyclic amines) is 2. The van der Waals surface area contributed by atoms with E-state index in [0.29, 0.717) is 24.4 Å². The number of nitrogens with zero attached hydrogens (tertiary/aromatic N) is 4. The molecule has 0 unspecified atom stereocenters. The van der Waals surface area contributed by atoms with Crippen molar-refractivity contribution in [2.45, 2.75) is 50.2 Å². The number of aromatic nitrogens is 4. The van der Waals surface area contributed by atoms with Gasteiger partial charge in [-0.25, -0.2) is 14.8 Å². The van der Waals surface area contributed by atoms with Gasteiger partial charge in [-0.05, 0) is 75.9 Å². The highest BCUT2D eigenvalue weighted by atomic mass is 32.1. The number of carbonyl (C=O) groups is 3. The second-order valence-corrected chi connectivity index (χ2v) is 14.5. The minimum Gasteiger partial charge on any atom is -0.453 e. The minimum atomic E-state index is -0.867. The van der Waals surface area contributed by atoms with Crippen molar-refractivity contribution in [2.24, 2.45) is 0 Å². The number of imidazole rings is 2. The summed E-state index contributed by atoms with van der Waals surface area (Å²) in [7, 11) is 1.29. The third-order valence-corrected chi connectivity index (χ3v) is 11.2. The summed E-state index contributed by atoms with van der Waals surface area (Å²) in [5.41, 5.74) is 7.73. The summed E-state index contributed by atoms with van der Waals surface area (Å²) < 4.78 is 4.82. The molecule has 3 aromatic carbocycles. The average Bonchev–Trinajstić information content (AvgIpc) is 4.06. The van der Waals surface area contributed by atoms with Crippen molar-refractivity contribution in [2.75, 3.05) is 20.2 Å². The van der Waals surface area contributed by atoms with Gasteiger partial charge in [0.15, 0.2) is 0 Å². The first-order valence-corrected chi connectivity index (χ1v) is 19.2. The Bertz CT molecular complexity index is 2210. The number of ether oxygens (including phenoxy) is 1. The Morgan fingerprint density at radius 2 is 1.33 bits per heavy atom. The number of aromatic amines is 2. The highest BCUT2D eigenvalue weighted by Gasteiger charge is 2.37. The number of nitrogens with one attached hydrogen (secondary N) is 3. The third-order valence-electron chi connectivity index (χ3n) is 10.4. The van der Waals surface area contributed by atoms with Crippen molar-refractivity contribution in [1.82, 2.24) is 35.1 Å². The Morgan fingerprint density at radius 3 is 1.89 bits per heavy atom. The number of hydrogen-bond donors (Lipinski definition) is 3. The standard InChI is InChI=1S/C42H41N7O4S/c1-53-42(52)47-38(32-7-3-2-4-8-32)41(51)49-21-6-10-36(49)40-44-25-34(46-40)31-17-13-29(14-18-31)28-11-15-30(16-12-28)33-24-43-39(45-33)35-9-5-20-48(35)37(50)23-27-19-22-54-26-27/h2-4,7-8,11-19,22,24-26,35-36,38H,5-6,9-10,20-21,23H2,1H3,(H,43,45)(H,44,46)(H,47,52)/t35-,36-,38+/m0/s1. The number of hydrogen-bond acceptors (Lipinski definition) is 7. The molecule has 0 saturated carbocycles. The van der Waals surface area contributed by atoms with Gasteiger partial charge in [0.2, 0.25) is 5.91 Å². The minimum absolute atomic E-state index is 0.0319. The first-order chi connectivity index (χ1) is 26.4. The smallest absolute Gasteiger partial charge is 0.407 e. The molecule has 3 amide bonds. The van der Waals surface area contributed by atoms with E-state index < -0.39 is 12.1 Å². The molecule has 12 heteroatoms. The molecule has 0 radical (unpaired) electrons. The molecule has 6 aromatic rings. The Morgan fingerprint density at radius 1 is 0.778 bits per heavy atom. The zero-order chi connectivity index (χ0) is 37.0. The van der Waals surface area contributed by atoms with Crippen molar-refractivity contribution in [3.05, 3.63) is 131 Å². The van der Waals surface area contributed by atoms with Gasteiger partial charge in [0.05, 0.1) is 49.4 Å². The molecular formula is C42H41N7O4S. The molecular weight excluding hydrogens is 699 g/mol. The molecule has 8 rings (SSSR count). The normalized spacial score (nSPS) is 17.4. The molecule has 274 valence electrons. The maximum atomic E-state index is 13.9. The van der Waals surface area contributed by atoms with Gasteiger partial charge in [0.25, 0.3) is 5.91 Å². The number of amides is 3. The fourth-order valence-corrected chi connectivity index (χ4v) is 8.27. The molecule has 2 aliphatic heterocycles. The topological polar surface area (TPSA) is 136 Å². The predicted octanol–water partition coefficient (Wildman–Crippen LogP) is 7.86. The van der Waals surface area contributed by atoms with E-state index in [1.807, 2.05) is 64.5 Å². The van der Waals surface area contributed by atoms with Crippen LogP contribution in [0.3, 0.4) is 0 Å². The van der Waals surface area contributed by atoms with E-state index in [1.54, 1.807) is 16.2 Å². The van der Waals surface area contributed by atoms with E-state index in [2.05, 4.69) is 63.8 Å². The van der Waals surface area contributed by atoms with Crippen LogP contribution in [0.25, 0.3) is 33.6 Å². The van der Waals surface area contributed by atoms with Crippen molar-refractivity contribution in [3.63, 3.8) is 0 Å². The van der Waals surface area contributed by atoms with Gasteiger partial charge in [0, 0.05) is 13.1 Å². The van der Waals surface area contributed by atoms with E-state index in [1.165, 1.54) is 7.11 Å². The fourth-order valence-electron chi connectivity index (χ4n) is 7.60. The van der Waals surface area contributed by atoms with Crippen LogP contribution in [-0.2, 0) is 20.7 Å². The fraction of sp³-hybridized carbons (Fsp3) is 0.262. The van der Waals surface area contributed by atoms with Crippen LogP contribution in [0.4, 0.5) is 4.79 Å². The summed E-state index contributed by atoms with van der Waals surface area (Å²) >= 11 is 1.61. The molecule has 3 N–H and O–H groups in total. The van der Waals surface area contributed by atoms with E-state index in [0.717, 1.165) is 77.3 Å². The first kappa shape index (κ1) is 35.0. The zero-order valence-electron chi connectivity index (χ0n) is 29.9. The number of methoxy groups -OCH3 is 1. The molecule has 5 heterocycles. The number of carbonyl (C=O) groups excluding carboxylic acids is 3. The number of thiophene rings is 1.